The van der Waals surface area contributed by atoms with Crippen LogP contribution in [0.2, 0.25) is 0 Å². The Balaban J connectivity index is 2.30. The van der Waals surface area contributed by atoms with Crippen molar-refractivity contribution < 1.29 is 19.5 Å². The lowest BCUT2D eigenvalue weighted by Crippen LogP contribution is -2.26. The standard InChI is InChI=1S/C13H11N3O4/c1-8(17)20-16-13(19)12-11(18)5-4-10(15-12)9-3-2-6-14-7-9/h2-7,18H,1H3,(H,16,19). The molecule has 2 rings (SSSR count). The van der Waals surface area contributed by atoms with Crippen molar-refractivity contribution in [2.75, 3.05) is 0 Å². The molecule has 2 N–H and O–H groups in total. The summed E-state index contributed by atoms with van der Waals surface area (Å²) in [6.07, 6.45) is 3.19. The summed E-state index contributed by atoms with van der Waals surface area (Å²) >= 11 is 0. The molecule has 0 fully saturated rings. The monoisotopic (exact) mass is 273 g/mol. The van der Waals surface area contributed by atoms with Crippen LogP contribution in [0.25, 0.3) is 11.3 Å². The van der Waals surface area contributed by atoms with Crippen LogP contribution in [0.4, 0.5) is 0 Å². The Bertz CT molecular complexity index is 643. The summed E-state index contributed by atoms with van der Waals surface area (Å²) in [5, 5.41) is 9.64. The van der Waals surface area contributed by atoms with Gasteiger partial charge in [-0.15, -0.1) is 0 Å². The minimum Gasteiger partial charge on any atom is -0.505 e. The van der Waals surface area contributed by atoms with E-state index in [1.54, 1.807) is 30.6 Å². The van der Waals surface area contributed by atoms with Crippen molar-refractivity contribution in [1.82, 2.24) is 15.4 Å². The van der Waals surface area contributed by atoms with E-state index in [1.807, 2.05) is 5.48 Å². The van der Waals surface area contributed by atoms with Crippen LogP contribution in [0.3, 0.4) is 0 Å². The average Bonchev–Trinajstić information content (AvgIpc) is 2.46. The number of hydrogen-bond donors (Lipinski definition) is 2. The second kappa shape index (κ2) is 5.79. The SMILES string of the molecule is CC(=O)ONC(=O)c1nc(-c2cccnc2)ccc1O. The van der Waals surface area contributed by atoms with Gasteiger partial charge in [0.2, 0.25) is 0 Å². The number of nitrogens with one attached hydrogen (secondary N) is 1. The van der Waals surface area contributed by atoms with E-state index < -0.39 is 11.9 Å². The van der Waals surface area contributed by atoms with E-state index in [9.17, 15) is 14.7 Å². The highest BCUT2D eigenvalue weighted by Gasteiger charge is 2.15. The minimum atomic E-state index is -0.816. The Hall–Kier alpha value is -2.96. The van der Waals surface area contributed by atoms with Crippen LogP contribution in [0.5, 0.6) is 5.75 Å². The summed E-state index contributed by atoms with van der Waals surface area (Å²) in [4.78, 5) is 34.7. The maximum atomic E-state index is 11.7. The van der Waals surface area contributed by atoms with E-state index in [1.165, 1.54) is 6.07 Å². The molecule has 0 saturated heterocycles. The first kappa shape index (κ1) is 13.5. The lowest BCUT2D eigenvalue weighted by Gasteiger charge is -2.07. The van der Waals surface area contributed by atoms with Crippen LogP contribution in [-0.2, 0) is 9.63 Å². The molecule has 102 valence electrons. The molecule has 0 aliphatic rings. The molecule has 7 heteroatoms. The average molecular weight is 273 g/mol. The number of hydrogen-bond acceptors (Lipinski definition) is 6. The van der Waals surface area contributed by atoms with E-state index in [4.69, 9.17) is 0 Å². The number of carbonyl (C=O) groups is 2. The summed E-state index contributed by atoms with van der Waals surface area (Å²) < 4.78 is 0. The van der Waals surface area contributed by atoms with Gasteiger partial charge in [0.15, 0.2) is 5.69 Å². The molecule has 0 aliphatic carbocycles. The summed E-state index contributed by atoms with van der Waals surface area (Å²) in [5.74, 6) is -1.81. The quantitative estimate of drug-likeness (QED) is 0.793. The lowest BCUT2D eigenvalue weighted by atomic mass is 10.1. The summed E-state index contributed by atoms with van der Waals surface area (Å²) in [6, 6.07) is 6.37. The van der Waals surface area contributed by atoms with E-state index >= 15 is 0 Å². The Morgan fingerprint density at radius 2 is 2.10 bits per heavy atom. The molecule has 0 aromatic carbocycles. The molecule has 0 aliphatic heterocycles. The second-order valence-electron chi connectivity index (χ2n) is 3.83. The predicted molar refractivity (Wildman–Crippen MR) is 68.4 cm³/mol. The molecule has 0 atom stereocenters. The van der Waals surface area contributed by atoms with Crippen molar-refractivity contribution in [1.29, 1.82) is 0 Å². The number of aromatic hydroxyl groups is 1. The van der Waals surface area contributed by atoms with Crippen molar-refractivity contribution in [3.63, 3.8) is 0 Å². The van der Waals surface area contributed by atoms with Crippen LogP contribution in [0, 0.1) is 0 Å². The topological polar surface area (TPSA) is 101 Å². The third kappa shape index (κ3) is 3.08. The Kier molecular flexibility index (Phi) is 3.90. The molecular formula is C13H11N3O4. The smallest absolute Gasteiger partial charge is 0.329 e. The van der Waals surface area contributed by atoms with Gasteiger partial charge in [-0.05, 0) is 24.3 Å². The van der Waals surface area contributed by atoms with Crippen molar-refractivity contribution in [2.24, 2.45) is 0 Å². The maximum absolute atomic E-state index is 11.7. The van der Waals surface area contributed by atoms with Crippen LogP contribution < -0.4 is 5.48 Å². The number of amides is 1. The first-order chi connectivity index (χ1) is 9.58. The van der Waals surface area contributed by atoms with Gasteiger partial charge in [-0.1, -0.05) is 0 Å². The highest BCUT2D eigenvalue weighted by molar-refractivity contribution is 5.95. The highest BCUT2D eigenvalue weighted by Crippen LogP contribution is 2.21. The van der Waals surface area contributed by atoms with Gasteiger partial charge in [0.05, 0.1) is 5.69 Å². The van der Waals surface area contributed by atoms with E-state index in [0.29, 0.717) is 11.3 Å². The molecule has 20 heavy (non-hydrogen) atoms. The number of nitrogens with zero attached hydrogens (tertiary/aromatic N) is 2. The molecule has 0 saturated carbocycles. The first-order valence-electron chi connectivity index (χ1n) is 5.66. The molecule has 7 nitrogen and oxygen atoms in total. The number of hydroxylamine groups is 1. The van der Waals surface area contributed by atoms with Gasteiger partial charge in [-0.3, -0.25) is 14.6 Å². The summed E-state index contributed by atoms with van der Waals surface area (Å²) in [6.45, 7) is 1.14. The van der Waals surface area contributed by atoms with Crippen molar-refractivity contribution in [3.05, 3.63) is 42.4 Å². The third-order valence-electron chi connectivity index (χ3n) is 2.33. The molecule has 1 amide bonds. The zero-order valence-electron chi connectivity index (χ0n) is 10.5. The Morgan fingerprint density at radius 1 is 1.30 bits per heavy atom. The van der Waals surface area contributed by atoms with Crippen molar-refractivity contribution in [3.8, 4) is 17.0 Å². The molecule has 0 unspecified atom stereocenters. The molecule has 0 spiro atoms. The zero-order valence-corrected chi connectivity index (χ0v) is 10.5. The normalized spacial score (nSPS) is 9.85. The predicted octanol–water partition coefficient (Wildman–Crippen LogP) is 1.06. The Morgan fingerprint density at radius 3 is 2.75 bits per heavy atom. The van der Waals surface area contributed by atoms with Crippen LogP contribution in [-0.4, -0.2) is 27.0 Å². The van der Waals surface area contributed by atoms with Gasteiger partial charge in [0, 0.05) is 24.9 Å². The number of pyridine rings is 2. The Labute approximate surface area is 114 Å². The second-order valence-corrected chi connectivity index (χ2v) is 3.83. The highest BCUT2D eigenvalue weighted by atomic mass is 16.7. The van der Waals surface area contributed by atoms with Crippen LogP contribution >= 0.6 is 0 Å². The molecule has 0 bridgehead atoms. The zero-order chi connectivity index (χ0) is 14.5. The number of rotatable bonds is 2. The molecule has 2 heterocycles. The molecule has 2 aromatic heterocycles. The van der Waals surface area contributed by atoms with Gasteiger partial charge in [-0.25, -0.2) is 4.98 Å². The summed E-state index contributed by atoms with van der Waals surface area (Å²) in [7, 11) is 0. The van der Waals surface area contributed by atoms with Gasteiger partial charge in [0.25, 0.3) is 0 Å². The minimum absolute atomic E-state index is 0.243. The van der Waals surface area contributed by atoms with Crippen molar-refractivity contribution >= 4 is 11.9 Å². The van der Waals surface area contributed by atoms with E-state index in [0.717, 1.165) is 6.92 Å². The number of carbonyl (C=O) groups excluding carboxylic acids is 2. The number of aromatic nitrogens is 2. The maximum Gasteiger partial charge on any atom is 0.329 e. The molecule has 0 radical (unpaired) electrons. The van der Waals surface area contributed by atoms with Crippen LogP contribution in [0.15, 0.2) is 36.7 Å². The fourth-order valence-electron chi connectivity index (χ4n) is 1.46. The first-order valence-corrected chi connectivity index (χ1v) is 5.66. The van der Waals surface area contributed by atoms with E-state index in [2.05, 4.69) is 14.8 Å². The largest absolute Gasteiger partial charge is 0.505 e. The fraction of sp³-hybridized carbons (Fsp3) is 0.0769. The molecular weight excluding hydrogens is 262 g/mol. The van der Waals surface area contributed by atoms with Gasteiger partial charge < -0.3 is 9.94 Å². The van der Waals surface area contributed by atoms with E-state index in [-0.39, 0.29) is 11.4 Å². The summed E-state index contributed by atoms with van der Waals surface area (Å²) in [5.41, 5.74) is 2.80. The van der Waals surface area contributed by atoms with Gasteiger partial charge in [-0.2, -0.15) is 5.48 Å². The third-order valence-corrected chi connectivity index (χ3v) is 2.33. The van der Waals surface area contributed by atoms with Crippen molar-refractivity contribution in [2.45, 2.75) is 6.92 Å². The molecule has 2 aromatic rings. The lowest BCUT2D eigenvalue weighted by molar-refractivity contribution is -0.146. The fourth-order valence-corrected chi connectivity index (χ4v) is 1.46. The van der Waals surface area contributed by atoms with Crippen LogP contribution in [0.1, 0.15) is 17.4 Å². The van der Waals surface area contributed by atoms with Gasteiger partial charge in [0.1, 0.15) is 5.75 Å². The van der Waals surface area contributed by atoms with Gasteiger partial charge >= 0.3 is 11.9 Å².